The molecule has 3 N–H and O–H groups in total. The monoisotopic (exact) mass is 558 g/mol. The van der Waals surface area contributed by atoms with Gasteiger partial charge in [-0.05, 0) is 43.3 Å². The summed E-state index contributed by atoms with van der Waals surface area (Å²) in [6.07, 6.45) is 5.36. The van der Waals surface area contributed by atoms with Crippen molar-refractivity contribution in [3.05, 3.63) is 53.6 Å². The molecule has 2 aromatic carbocycles. The first-order valence-electron chi connectivity index (χ1n) is 9.45. The van der Waals surface area contributed by atoms with Crippen LogP contribution in [0.25, 0.3) is 0 Å². The Labute approximate surface area is 203 Å². The molecule has 0 saturated heterocycles. The number of nitrogens with one attached hydrogen (secondary N) is 3. The summed E-state index contributed by atoms with van der Waals surface area (Å²) in [5.41, 5.74) is 1.64. The van der Waals surface area contributed by atoms with Crippen molar-refractivity contribution in [3.63, 3.8) is 0 Å². The lowest BCUT2D eigenvalue weighted by Crippen LogP contribution is -2.41. The van der Waals surface area contributed by atoms with Crippen LogP contribution in [0.2, 0.25) is 0 Å². The number of benzene rings is 2. The highest BCUT2D eigenvalue weighted by Gasteiger charge is 2.11. The Morgan fingerprint density at radius 1 is 1.22 bits per heavy atom. The third kappa shape index (κ3) is 8.97. The average molecular weight is 558 g/mol. The van der Waals surface area contributed by atoms with Crippen LogP contribution in [0, 0.1) is 12.3 Å². The van der Waals surface area contributed by atoms with Gasteiger partial charge < -0.3 is 25.4 Å². The second-order valence-electron chi connectivity index (χ2n) is 6.17. The number of halogens is 3. The van der Waals surface area contributed by atoms with Gasteiger partial charge in [0.15, 0.2) is 5.96 Å². The highest BCUT2D eigenvalue weighted by atomic mass is 127. The molecule has 0 fully saturated rings. The first-order chi connectivity index (χ1) is 14.9. The summed E-state index contributed by atoms with van der Waals surface area (Å²) in [6, 6.07) is 11.4. The molecular formula is C22H25F2IN4O3. The fourth-order valence-corrected chi connectivity index (χ4v) is 2.58. The van der Waals surface area contributed by atoms with Gasteiger partial charge in [0, 0.05) is 23.4 Å². The zero-order chi connectivity index (χ0) is 22.6. The van der Waals surface area contributed by atoms with E-state index in [0.717, 1.165) is 0 Å². The molecule has 2 aromatic rings. The summed E-state index contributed by atoms with van der Waals surface area (Å²) in [5, 5.41) is 8.62. The van der Waals surface area contributed by atoms with Crippen LogP contribution >= 0.6 is 24.0 Å². The number of alkyl halides is 2. The summed E-state index contributed by atoms with van der Waals surface area (Å²) >= 11 is 0. The largest absolute Gasteiger partial charge is 0.497 e. The maximum Gasteiger partial charge on any atom is 0.387 e. The van der Waals surface area contributed by atoms with E-state index in [-0.39, 0.29) is 48.7 Å². The lowest BCUT2D eigenvalue weighted by molar-refractivity contribution is -0.115. The fraction of sp³-hybridized carbons (Fsp3) is 0.273. The minimum Gasteiger partial charge on any atom is -0.497 e. The molecule has 10 heteroatoms. The molecule has 0 saturated carbocycles. The van der Waals surface area contributed by atoms with Gasteiger partial charge in [-0.3, -0.25) is 4.79 Å². The predicted molar refractivity (Wildman–Crippen MR) is 131 cm³/mol. The number of hydrogen-bond donors (Lipinski definition) is 3. The van der Waals surface area contributed by atoms with Gasteiger partial charge in [0.05, 0.1) is 20.2 Å². The number of amides is 1. The number of hydrogen-bond acceptors (Lipinski definition) is 4. The third-order valence-corrected chi connectivity index (χ3v) is 3.96. The Balaban J connectivity index is 0.00000512. The van der Waals surface area contributed by atoms with Crippen molar-refractivity contribution in [2.75, 3.05) is 25.5 Å². The van der Waals surface area contributed by atoms with Crippen LogP contribution in [-0.4, -0.2) is 38.7 Å². The average Bonchev–Trinajstić information content (AvgIpc) is 2.76. The van der Waals surface area contributed by atoms with Crippen molar-refractivity contribution in [2.45, 2.75) is 20.1 Å². The van der Waals surface area contributed by atoms with E-state index in [2.05, 4.69) is 31.6 Å². The highest BCUT2D eigenvalue weighted by molar-refractivity contribution is 14.0. The van der Waals surface area contributed by atoms with E-state index in [1.807, 2.05) is 6.92 Å². The Hall–Kier alpha value is -3.07. The molecule has 0 unspecified atom stereocenters. The lowest BCUT2D eigenvalue weighted by atomic mass is 10.2. The van der Waals surface area contributed by atoms with Gasteiger partial charge in [-0.2, -0.15) is 8.78 Å². The minimum atomic E-state index is -2.96. The molecular weight excluding hydrogens is 533 g/mol. The van der Waals surface area contributed by atoms with Crippen LogP contribution in [0.15, 0.2) is 47.5 Å². The van der Waals surface area contributed by atoms with E-state index in [4.69, 9.17) is 11.2 Å². The van der Waals surface area contributed by atoms with E-state index in [0.29, 0.717) is 35.1 Å². The van der Waals surface area contributed by atoms with Gasteiger partial charge in [0.2, 0.25) is 5.91 Å². The fourth-order valence-electron chi connectivity index (χ4n) is 2.58. The molecule has 0 heterocycles. The van der Waals surface area contributed by atoms with E-state index < -0.39 is 6.61 Å². The smallest absolute Gasteiger partial charge is 0.387 e. The van der Waals surface area contributed by atoms with Crippen molar-refractivity contribution in [2.24, 2.45) is 4.99 Å². The van der Waals surface area contributed by atoms with Crippen LogP contribution in [0.5, 0.6) is 11.5 Å². The van der Waals surface area contributed by atoms with Gasteiger partial charge in [0.1, 0.15) is 11.5 Å². The van der Waals surface area contributed by atoms with Crippen molar-refractivity contribution in [1.82, 2.24) is 10.6 Å². The molecule has 7 nitrogen and oxygen atoms in total. The first-order valence-corrected chi connectivity index (χ1v) is 9.45. The number of carbonyl (C=O) groups is 1. The van der Waals surface area contributed by atoms with Crippen LogP contribution < -0.4 is 25.4 Å². The van der Waals surface area contributed by atoms with Crippen molar-refractivity contribution in [3.8, 4) is 23.8 Å². The summed E-state index contributed by atoms with van der Waals surface area (Å²) in [5.74, 6) is 3.02. The van der Waals surface area contributed by atoms with Gasteiger partial charge in [-0.25, -0.2) is 4.99 Å². The molecule has 0 aliphatic carbocycles. The number of ether oxygens (including phenoxy) is 2. The van der Waals surface area contributed by atoms with Gasteiger partial charge in [-0.15, -0.1) is 30.4 Å². The number of guanidine groups is 1. The first kappa shape index (κ1) is 27.0. The Morgan fingerprint density at radius 3 is 2.66 bits per heavy atom. The van der Waals surface area contributed by atoms with E-state index >= 15 is 0 Å². The molecule has 32 heavy (non-hydrogen) atoms. The Morgan fingerprint density at radius 2 is 2.00 bits per heavy atom. The maximum atomic E-state index is 12.7. The highest BCUT2D eigenvalue weighted by Crippen LogP contribution is 2.26. The number of rotatable bonds is 9. The molecule has 0 aliphatic heterocycles. The van der Waals surface area contributed by atoms with Gasteiger partial charge in [0.25, 0.3) is 0 Å². The van der Waals surface area contributed by atoms with Crippen molar-refractivity contribution >= 4 is 41.5 Å². The van der Waals surface area contributed by atoms with Crippen molar-refractivity contribution < 1.29 is 23.0 Å². The Bertz CT molecular complexity index is 964. The topological polar surface area (TPSA) is 84.0 Å². The number of carbonyl (C=O) groups excluding carboxylic acids is 1. The van der Waals surface area contributed by atoms with Crippen LogP contribution in [-0.2, 0) is 11.3 Å². The zero-order valence-electron chi connectivity index (χ0n) is 17.7. The molecule has 0 bridgehead atoms. The van der Waals surface area contributed by atoms with Gasteiger partial charge in [-0.1, -0.05) is 12.0 Å². The predicted octanol–water partition coefficient (Wildman–Crippen LogP) is 3.59. The number of terminal acetylenes is 1. The standard InChI is InChI=1S/C22H24F2N4O3.HI/c1-4-15-7-6-8-17(11-15)28-20(29)14-27-22(25-5-2)26-13-16-12-18(30-3)9-10-19(16)31-21(23)24;/h1,6-12,21H,5,13-14H2,2-3H3,(H,28,29)(H2,25,26,27);1H. The number of methoxy groups -OCH3 is 1. The molecule has 0 radical (unpaired) electrons. The molecule has 172 valence electrons. The number of anilines is 1. The molecule has 0 spiro atoms. The third-order valence-electron chi connectivity index (χ3n) is 3.96. The SMILES string of the molecule is C#Cc1cccc(NC(=O)CNC(=NCc2cc(OC)ccc2OC(F)F)NCC)c1.I. The van der Waals surface area contributed by atoms with E-state index in [9.17, 15) is 13.6 Å². The summed E-state index contributed by atoms with van der Waals surface area (Å²) < 4.78 is 35.0. The summed E-state index contributed by atoms with van der Waals surface area (Å²) in [6.45, 7) is -0.597. The van der Waals surface area contributed by atoms with E-state index in [1.54, 1.807) is 30.3 Å². The number of aliphatic imine (C=N–C) groups is 1. The molecule has 1 amide bonds. The summed E-state index contributed by atoms with van der Waals surface area (Å²) in [7, 11) is 1.47. The van der Waals surface area contributed by atoms with Gasteiger partial charge >= 0.3 is 6.61 Å². The minimum absolute atomic E-state index is 0. The summed E-state index contributed by atoms with van der Waals surface area (Å²) in [4.78, 5) is 16.6. The quantitative estimate of drug-likeness (QED) is 0.190. The lowest BCUT2D eigenvalue weighted by Gasteiger charge is -2.14. The van der Waals surface area contributed by atoms with Crippen LogP contribution in [0.4, 0.5) is 14.5 Å². The van der Waals surface area contributed by atoms with E-state index in [1.165, 1.54) is 19.2 Å². The second kappa shape index (κ2) is 14.1. The molecule has 0 aliphatic rings. The van der Waals surface area contributed by atoms with Crippen LogP contribution in [0.3, 0.4) is 0 Å². The zero-order valence-corrected chi connectivity index (χ0v) is 20.0. The number of nitrogens with zero attached hydrogens (tertiary/aromatic N) is 1. The molecule has 2 rings (SSSR count). The molecule has 0 aromatic heterocycles. The normalized spacial score (nSPS) is 10.6. The van der Waals surface area contributed by atoms with Crippen molar-refractivity contribution in [1.29, 1.82) is 0 Å². The molecule has 0 atom stereocenters. The second-order valence-corrected chi connectivity index (χ2v) is 6.17. The Kier molecular flexibility index (Phi) is 11.9. The maximum absolute atomic E-state index is 12.7. The van der Waals surface area contributed by atoms with Crippen LogP contribution in [0.1, 0.15) is 18.1 Å².